The van der Waals surface area contributed by atoms with Gasteiger partial charge in [0, 0.05) is 16.5 Å². The largest absolute Gasteiger partial charge is 0.272 e. The lowest BCUT2D eigenvalue weighted by molar-refractivity contribution is -0.385. The van der Waals surface area contributed by atoms with E-state index in [1.807, 2.05) is 0 Å². The molecule has 0 aromatic heterocycles. The van der Waals surface area contributed by atoms with Crippen molar-refractivity contribution in [3.63, 3.8) is 0 Å². The van der Waals surface area contributed by atoms with Crippen molar-refractivity contribution in [2.24, 2.45) is 5.11 Å². The molecule has 66 valence electrons. The lowest BCUT2D eigenvalue weighted by Gasteiger charge is -1.96. The molecule has 13 heavy (non-hydrogen) atoms. The van der Waals surface area contributed by atoms with Gasteiger partial charge in [-0.15, -0.1) is 0 Å². The average molecular weight is 178 g/mol. The molecule has 0 atom stereocenters. The minimum Gasteiger partial charge on any atom is -0.258 e. The van der Waals surface area contributed by atoms with Gasteiger partial charge in [0.25, 0.3) is 5.69 Å². The molecule has 0 saturated carbocycles. The second-order valence-electron chi connectivity index (χ2n) is 2.27. The fraction of sp³-hybridized carbons (Fsp3) is 0.143. The number of azide groups is 1. The number of nitro groups is 1. The Bertz CT molecular complexity index is 371. The summed E-state index contributed by atoms with van der Waals surface area (Å²) in [6.07, 6.45) is 0. The fourth-order valence-electron chi connectivity index (χ4n) is 0.930. The van der Waals surface area contributed by atoms with E-state index in [0.29, 0.717) is 5.56 Å². The van der Waals surface area contributed by atoms with E-state index in [0.717, 1.165) is 0 Å². The maximum Gasteiger partial charge on any atom is 0.272 e. The highest BCUT2D eigenvalue weighted by atomic mass is 16.6. The number of para-hydroxylation sites is 1. The second kappa shape index (κ2) is 4.08. The lowest BCUT2D eigenvalue weighted by Crippen LogP contribution is -1.93. The summed E-state index contributed by atoms with van der Waals surface area (Å²) in [6, 6.07) is 6.17. The number of benzene rings is 1. The molecular formula is C7H6N4O2. The Morgan fingerprint density at radius 3 is 2.85 bits per heavy atom. The molecule has 0 heterocycles. The average Bonchev–Trinajstić information content (AvgIpc) is 2.15. The minimum absolute atomic E-state index is 0.00759. The zero-order valence-corrected chi connectivity index (χ0v) is 6.62. The first-order chi connectivity index (χ1) is 6.25. The van der Waals surface area contributed by atoms with Crippen LogP contribution in [0.1, 0.15) is 5.56 Å². The first kappa shape index (κ1) is 9.02. The van der Waals surface area contributed by atoms with E-state index in [-0.39, 0.29) is 12.2 Å². The molecular weight excluding hydrogens is 172 g/mol. The normalized spacial score (nSPS) is 8.92. The summed E-state index contributed by atoms with van der Waals surface area (Å²) in [5.74, 6) is 0. The van der Waals surface area contributed by atoms with Crippen molar-refractivity contribution in [1.82, 2.24) is 0 Å². The molecule has 0 N–H and O–H groups in total. The summed E-state index contributed by atoms with van der Waals surface area (Å²) in [6.45, 7) is 0.00759. The second-order valence-corrected chi connectivity index (χ2v) is 2.27. The van der Waals surface area contributed by atoms with E-state index in [1.54, 1.807) is 18.2 Å². The Morgan fingerprint density at radius 2 is 2.23 bits per heavy atom. The maximum absolute atomic E-state index is 10.5. The van der Waals surface area contributed by atoms with E-state index < -0.39 is 4.92 Å². The molecule has 0 unspecified atom stereocenters. The Labute approximate surface area is 73.6 Å². The van der Waals surface area contributed by atoms with E-state index in [1.165, 1.54) is 6.07 Å². The molecule has 0 aliphatic heterocycles. The van der Waals surface area contributed by atoms with Gasteiger partial charge in [-0.3, -0.25) is 10.1 Å². The number of nitro benzene ring substituents is 1. The van der Waals surface area contributed by atoms with E-state index in [2.05, 4.69) is 10.0 Å². The van der Waals surface area contributed by atoms with Crippen LogP contribution in [-0.2, 0) is 6.54 Å². The van der Waals surface area contributed by atoms with Crippen LogP contribution in [0.2, 0.25) is 0 Å². The standard InChI is InChI=1S/C7H6N4O2/c8-10-9-5-6-3-1-2-4-7(6)11(12)13/h1-4H,5H2. The summed E-state index contributed by atoms with van der Waals surface area (Å²) in [7, 11) is 0. The third kappa shape index (κ3) is 2.18. The molecule has 0 saturated heterocycles. The summed E-state index contributed by atoms with van der Waals surface area (Å²) < 4.78 is 0. The predicted octanol–water partition coefficient (Wildman–Crippen LogP) is 2.41. The highest BCUT2D eigenvalue weighted by Gasteiger charge is 2.10. The zero-order chi connectivity index (χ0) is 9.68. The van der Waals surface area contributed by atoms with Crippen molar-refractivity contribution >= 4 is 5.69 Å². The summed E-state index contributed by atoms with van der Waals surface area (Å²) in [5.41, 5.74) is 8.45. The minimum atomic E-state index is -0.498. The molecule has 1 aromatic carbocycles. The summed E-state index contributed by atoms with van der Waals surface area (Å²) in [5, 5.41) is 13.7. The van der Waals surface area contributed by atoms with Crippen molar-refractivity contribution in [3.8, 4) is 0 Å². The Hall–Kier alpha value is -2.07. The van der Waals surface area contributed by atoms with Gasteiger partial charge in [0.15, 0.2) is 0 Å². The van der Waals surface area contributed by atoms with Gasteiger partial charge in [0.2, 0.25) is 0 Å². The van der Waals surface area contributed by atoms with Crippen LogP contribution in [0.25, 0.3) is 10.4 Å². The van der Waals surface area contributed by atoms with Gasteiger partial charge in [-0.1, -0.05) is 23.3 Å². The summed E-state index contributed by atoms with van der Waals surface area (Å²) in [4.78, 5) is 12.5. The van der Waals surface area contributed by atoms with Gasteiger partial charge in [-0.2, -0.15) is 0 Å². The fourth-order valence-corrected chi connectivity index (χ4v) is 0.930. The Kier molecular flexibility index (Phi) is 2.83. The number of nitrogens with zero attached hydrogens (tertiary/aromatic N) is 4. The van der Waals surface area contributed by atoms with E-state index in [4.69, 9.17) is 5.53 Å². The first-order valence-corrected chi connectivity index (χ1v) is 3.49. The van der Waals surface area contributed by atoms with Crippen molar-refractivity contribution in [2.45, 2.75) is 6.54 Å². The van der Waals surface area contributed by atoms with E-state index in [9.17, 15) is 10.1 Å². The first-order valence-electron chi connectivity index (χ1n) is 3.49. The molecule has 0 fully saturated rings. The van der Waals surface area contributed by atoms with Gasteiger partial charge in [0.1, 0.15) is 0 Å². The monoisotopic (exact) mass is 178 g/mol. The topological polar surface area (TPSA) is 91.9 Å². The third-order valence-corrected chi connectivity index (χ3v) is 1.49. The highest BCUT2D eigenvalue weighted by Crippen LogP contribution is 2.18. The molecule has 6 nitrogen and oxygen atoms in total. The third-order valence-electron chi connectivity index (χ3n) is 1.49. The van der Waals surface area contributed by atoms with Crippen LogP contribution in [0.4, 0.5) is 5.69 Å². The van der Waals surface area contributed by atoms with Crippen LogP contribution < -0.4 is 0 Å². The molecule has 6 heteroatoms. The Morgan fingerprint density at radius 1 is 1.54 bits per heavy atom. The van der Waals surface area contributed by atoms with Crippen LogP contribution >= 0.6 is 0 Å². The van der Waals surface area contributed by atoms with Gasteiger partial charge < -0.3 is 0 Å². The van der Waals surface area contributed by atoms with Crippen molar-refractivity contribution in [2.75, 3.05) is 0 Å². The Balaban J connectivity index is 3.04. The van der Waals surface area contributed by atoms with Crippen LogP contribution in [0.3, 0.4) is 0 Å². The highest BCUT2D eigenvalue weighted by molar-refractivity contribution is 5.39. The smallest absolute Gasteiger partial charge is 0.258 e. The maximum atomic E-state index is 10.5. The van der Waals surface area contributed by atoms with Gasteiger partial charge in [-0.05, 0) is 5.53 Å². The van der Waals surface area contributed by atoms with Gasteiger partial charge in [0.05, 0.1) is 11.5 Å². The van der Waals surface area contributed by atoms with Crippen LogP contribution in [0.15, 0.2) is 29.4 Å². The molecule has 0 amide bonds. The van der Waals surface area contributed by atoms with Crippen molar-refractivity contribution in [1.29, 1.82) is 0 Å². The van der Waals surface area contributed by atoms with Crippen molar-refractivity contribution in [3.05, 3.63) is 50.4 Å². The van der Waals surface area contributed by atoms with Crippen LogP contribution in [0.5, 0.6) is 0 Å². The molecule has 0 spiro atoms. The number of hydrogen-bond acceptors (Lipinski definition) is 3. The zero-order valence-electron chi connectivity index (χ0n) is 6.62. The molecule has 0 aliphatic rings. The molecule has 0 aliphatic carbocycles. The van der Waals surface area contributed by atoms with Crippen LogP contribution in [0, 0.1) is 10.1 Å². The quantitative estimate of drug-likeness (QED) is 0.233. The SMILES string of the molecule is [N-]=[N+]=NCc1ccccc1[N+](=O)[O-]. The molecule has 1 aromatic rings. The van der Waals surface area contributed by atoms with Gasteiger partial charge >= 0.3 is 0 Å². The summed E-state index contributed by atoms with van der Waals surface area (Å²) >= 11 is 0. The van der Waals surface area contributed by atoms with Gasteiger partial charge in [-0.25, -0.2) is 0 Å². The predicted molar refractivity (Wildman–Crippen MR) is 45.9 cm³/mol. The van der Waals surface area contributed by atoms with Crippen molar-refractivity contribution < 1.29 is 4.92 Å². The molecule has 0 radical (unpaired) electrons. The van der Waals surface area contributed by atoms with E-state index >= 15 is 0 Å². The number of rotatable bonds is 3. The lowest BCUT2D eigenvalue weighted by atomic mass is 10.2. The number of hydrogen-bond donors (Lipinski definition) is 0. The van der Waals surface area contributed by atoms with Crippen LogP contribution in [-0.4, -0.2) is 4.92 Å². The molecule has 1 rings (SSSR count). The molecule has 0 bridgehead atoms.